The van der Waals surface area contributed by atoms with Crippen molar-refractivity contribution in [1.82, 2.24) is 19.6 Å². The van der Waals surface area contributed by atoms with Crippen LogP contribution in [-0.2, 0) is 14.4 Å². The first-order chi connectivity index (χ1) is 11.9. The lowest BCUT2D eigenvalue weighted by atomic mass is 10.3. The van der Waals surface area contributed by atoms with Crippen LogP contribution in [0, 0.1) is 0 Å². The van der Waals surface area contributed by atoms with Gasteiger partial charge in [-0.05, 0) is 0 Å². The summed E-state index contributed by atoms with van der Waals surface area (Å²) in [6.45, 7) is 4.94. The summed E-state index contributed by atoms with van der Waals surface area (Å²) in [4.78, 5) is 40.5. The third kappa shape index (κ3) is 9.46. The summed E-state index contributed by atoms with van der Waals surface area (Å²) in [5.74, 6) is -1.83. The Bertz CT molecular complexity index is 437. The summed E-state index contributed by atoms with van der Waals surface area (Å²) in [5, 5.41) is 18.1. The number of carbonyl (C=O) groups excluding carboxylic acids is 1. The van der Waals surface area contributed by atoms with Crippen LogP contribution in [0.2, 0.25) is 0 Å². The zero-order valence-electron chi connectivity index (χ0n) is 14.5. The smallest absolute Gasteiger partial charge is 0.317 e. The van der Waals surface area contributed by atoms with Gasteiger partial charge >= 0.3 is 11.9 Å². The highest BCUT2D eigenvalue weighted by Crippen LogP contribution is 2.00. The molecule has 0 bridgehead atoms. The van der Waals surface area contributed by atoms with Gasteiger partial charge in [0.05, 0.1) is 19.6 Å². The maximum absolute atomic E-state index is 11.1. The topological polar surface area (TPSA) is 131 Å². The van der Waals surface area contributed by atoms with E-state index in [0.29, 0.717) is 65.6 Å². The van der Waals surface area contributed by atoms with E-state index >= 15 is 0 Å². The summed E-state index contributed by atoms with van der Waals surface area (Å²) in [6.07, 6.45) is 0.842. The zero-order valence-corrected chi connectivity index (χ0v) is 14.5. The first-order valence-corrected chi connectivity index (χ1v) is 8.41. The third-order valence-electron chi connectivity index (χ3n) is 4.24. The molecule has 0 amide bonds. The first-order valence-electron chi connectivity index (χ1n) is 8.41. The van der Waals surface area contributed by atoms with Crippen molar-refractivity contribution in [3.63, 3.8) is 0 Å². The van der Waals surface area contributed by atoms with Gasteiger partial charge in [-0.15, -0.1) is 0 Å². The van der Waals surface area contributed by atoms with Crippen molar-refractivity contribution in [3.05, 3.63) is 0 Å². The SMILES string of the molecule is NCN1CCN(CC=O)CCN(CC(=O)O)CCN(CC(=O)O)CC1. The van der Waals surface area contributed by atoms with Crippen LogP contribution in [-0.4, -0.2) is 127 Å². The molecule has 1 saturated heterocycles. The molecule has 4 N–H and O–H groups in total. The van der Waals surface area contributed by atoms with Gasteiger partial charge in [0.1, 0.15) is 6.29 Å². The van der Waals surface area contributed by atoms with Gasteiger partial charge in [0, 0.05) is 59.0 Å². The lowest BCUT2D eigenvalue weighted by Crippen LogP contribution is -2.48. The molecule has 1 aliphatic rings. The van der Waals surface area contributed by atoms with Crippen LogP contribution < -0.4 is 5.73 Å². The number of carboxylic acids is 2. The van der Waals surface area contributed by atoms with Gasteiger partial charge < -0.3 is 20.7 Å². The van der Waals surface area contributed by atoms with Crippen LogP contribution in [0.3, 0.4) is 0 Å². The van der Waals surface area contributed by atoms with Gasteiger partial charge in [-0.2, -0.15) is 0 Å². The van der Waals surface area contributed by atoms with Gasteiger partial charge in [0.2, 0.25) is 0 Å². The predicted molar refractivity (Wildman–Crippen MR) is 91.3 cm³/mol. The average molecular weight is 359 g/mol. The molecule has 25 heavy (non-hydrogen) atoms. The maximum Gasteiger partial charge on any atom is 0.317 e. The highest BCUT2D eigenvalue weighted by atomic mass is 16.4. The molecule has 0 aromatic heterocycles. The lowest BCUT2D eigenvalue weighted by Gasteiger charge is -2.32. The van der Waals surface area contributed by atoms with Crippen LogP contribution in [0.4, 0.5) is 0 Å². The van der Waals surface area contributed by atoms with E-state index in [4.69, 9.17) is 15.9 Å². The van der Waals surface area contributed by atoms with Crippen LogP contribution in [0.5, 0.6) is 0 Å². The Labute approximate surface area is 147 Å². The molecule has 1 fully saturated rings. The fourth-order valence-corrected chi connectivity index (χ4v) is 2.75. The number of aliphatic carboxylic acids is 2. The highest BCUT2D eigenvalue weighted by Gasteiger charge is 2.18. The van der Waals surface area contributed by atoms with Crippen molar-refractivity contribution in [2.45, 2.75) is 0 Å². The second kappa shape index (κ2) is 11.9. The molecule has 10 heteroatoms. The van der Waals surface area contributed by atoms with Gasteiger partial charge in [0.15, 0.2) is 0 Å². The Morgan fingerprint density at radius 1 is 0.760 bits per heavy atom. The number of hydrogen-bond donors (Lipinski definition) is 3. The van der Waals surface area contributed by atoms with Crippen molar-refractivity contribution in [3.8, 4) is 0 Å². The second-order valence-electron chi connectivity index (χ2n) is 6.11. The molecule has 0 aromatic carbocycles. The quantitative estimate of drug-likeness (QED) is 0.419. The molecule has 0 saturated carbocycles. The van der Waals surface area contributed by atoms with Gasteiger partial charge in [-0.1, -0.05) is 0 Å². The molecule has 10 nitrogen and oxygen atoms in total. The highest BCUT2D eigenvalue weighted by molar-refractivity contribution is 5.69. The molecule has 0 unspecified atom stereocenters. The molecule has 0 aromatic rings. The molecule has 1 heterocycles. The summed E-state index contributed by atoms with van der Waals surface area (Å²) in [5.41, 5.74) is 5.76. The predicted octanol–water partition coefficient (Wildman–Crippen LogP) is -2.51. The minimum absolute atomic E-state index is 0.0867. The molecule has 144 valence electrons. The number of rotatable bonds is 7. The largest absolute Gasteiger partial charge is 0.480 e. The Morgan fingerprint density at radius 2 is 1.12 bits per heavy atom. The molecule has 0 spiro atoms. The summed E-state index contributed by atoms with van der Waals surface area (Å²) >= 11 is 0. The minimum Gasteiger partial charge on any atom is -0.480 e. The van der Waals surface area contributed by atoms with Crippen molar-refractivity contribution in [2.24, 2.45) is 5.73 Å². The van der Waals surface area contributed by atoms with Crippen molar-refractivity contribution in [1.29, 1.82) is 0 Å². The van der Waals surface area contributed by atoms with Crippen LogP contribution in [0.15, 0.2) is 0 Å². The number of carboxylic acid groups (broad SMARTS) is 2. The Kier molecular flexibility index (Phi) is 10.2. The van der Waals surface area contributed by atoms with E-state index in [2.05, 4.69) is 0 Å². The van der Waals surface area contributed by atoms with Crippen molar-refractivity contribution < 1.29 is 24.6 Å². The molecule has 1 rings (SSSR count). The molecule has 0 radical (unpaired) electrons. The first kappa shape index (κ1) is 21.5. The van der Waals surface area contributed by atoms with E-state index < -0.39 is 11.9 Å². The fraction of sp³-hybridized carbons (Fsp3) is 0.800. The standard InChI is InChI=1S/C15H29N5O5/c16-13-20-7-2-17(9-10-21)1-3-18(11-14(22)23)4-5-19(6-8-20)12-15(24)25/h10H,1-9,11-13,16H2,(H,22,23)(H,24,25). The number of aldehydes is 1. The van der Waals surface area contributed by atoms with Gasteiger partial charge in [0.25, 0.3) is 0 Å². The molecular weight excluding hydrogens is 330 g/mol. The number of nitrogens with zero attached hydrogens (tertiary/aromatic N) is 4. The number of hydrogen-bond acceptors (Lipinski definition) is 8. The summed E-state index contributed by atoms with van der Waals surface area (Å²) in [7, 11) is 0. The summed E-state index contributed by atoms with van der Waals surface area (Å²) in [6, 6.07) is 0. The van der Waals surface area contributed by atoms with E-state index in [1.165, 1.54) is 0 Å². The number of carbonyl (C=O) groups is 3. The van der Waals surface area contributed by atoms with Crippen molar-refractivity contribution in [2.75, 3.05) is 78.7 Å². The maximum atomic E-state index is 11.1. The van der Waals surface area contributed by atoms with E-state index in [1.54, 1.807) is 9.80 Å². The summed E-state index contributed by atoms with van der Waals surface area (Å²) < 4.78 is 0. The number of nitrogens with two attached hydrogens (primary N) is 1. The molecular formula is C15H29N5O5. The van der Waals surface area contributed by atoms with Crippen LogP contribution in [0.1, 0.15) is 0 Å². The van der Waals surface area contributed by atoms with Crippen LogP contribution >= 0.6 is 0 Å². The van der Waals surface area contributed by atoms with Gasteiger partial charge in [-0.3, -0.25) is 29.2 Å². The normalized spacial score (nSPS) is 20.5. The molecule has 0 atom stereocenters. The zero-order chi connectivity index (χ0) is 18.7. The molecule has 1 aliphatic heterocycles. The van der Waals surface area contributed by atoms with E-state index in [1.807, 2.05) is 9.80 Å². The Morgan fingerprint density at radius 3 is 1.44 bits per heavy atom. The Hall–Kier alpha value is -1.59. The Balaban J connectivity index is 2.78. The van der Waals surface area contributed by atoms with Crippen molar-refractivity contribution >= 4 is 18.2 Å². The van der Waals surface area contributed by atoms with E-state index in [0.717, 1.165) is 6.29 Å². The average Bonchev–Trinajstić information content (AvgIpc) is 2.54. The molecule has 0 aliphatic carbocycles. The van der Waals surface area contributed by atoms with Crippen LogP contribution in [0.25, 0.3) is 0 Å². The lowest BCUT2D eigenvalue weighted by molar-refractivity contribution is -0.140. The van der Waals surface area contributed by atoms with Gasteiger partial charge in [-0.25, -0.2) is 0 Å². The fourth-order valence-electron chi connectivity index (χ4n) is 2.75. The minimum atomic E-state index is -0.923. The van der Waals surface area contributed by atoms with E-state index in [9.17, 15) is 14.4 Å². The monoisotopic (exact) mass is 359 g/mol. The van der Waals surface area contributed by atoms with E-state index in [-0.39, 0.29) is 13.1 Å². The third-order valence-corrected chi connectivity index (χ3v) is 4.24. The second-order valence-corrected chi connectivity index (χ2v) is 6.11.